The topological polar surface area (TPSA) is 14.2 Å². The zero-order valence-corrected chi connectivity index (χ0v) is 13.0. The van der Waals surface area contributed by atoms with Crippen LogP contribution < -0.4 is 4.74 Å². The fourth-order valence-electron chi connectivity index (χ4n) is 2.55. The number of aromatic nitrogens is 1. The molecule has 3 heteroatoms. The predicted molar refractivity (Wildman–Crippen MR) is 88.1 cm³/mol. The summed E-state index contributed by atoms with van der Waals surface area (Å²) in [6.07, 6.45) is 2.18. The smallest absolute Gasteiger partial charge is 0.119 e. The number of hydrogen-bond donors (Lipinski definition) is 0. The molecule has 0 aliphatic heterocycles. The van der Waals surface area contributed by atoms with Gasteiger partial charge in [0.1, 0.15) is 12.4 Å². The quantitative estimate of drug-likeness (QED) is 0.645. The summed E-state index contributed by atoms with van der Waals surface area (Å²) < 4.78 is 8.14. The molecule has 1 heterocycles. The Hall–Kier alpha value is -1.93. The molecule has 0 N–H and O–H groups in total. The first kappa shape index (κ1) is 14.0. The SMILES string of the molecule is CCn1cc(COc2ccc(Cl)cc2)c2ccc(C)cc21. The molecule has 3 rings (SSSR count). The van der Waals surface area contributed by atoms with Crippen molar-refractivity contribution in [2.45, 2.75) is 27.0 Å². The van der Waals surface area contributed by atoms with E-state index >= 15 is 0 Å². The standard InChI is InChI=1S/C18H18ClNO/c1-3-20-11-14(17-9-4-13(2)10-18(17)20)12-21-16-7-5-15(19)6-8-16/h4-11H,3,12H2,1-2H3. The number of hydrogen-bond acceptors (Lipinski definition) is 1. The van der Waals surface area contributed by atoms with E-state index in [1.807, 2.05) is 24.3 Å². The summed E-state index contributed by atoms with van der Waals surface area (Å²) in [6, 6.07) is 14.0. The average Bonchev–Trinajstić information content (AvgIpc) is 2.84. The summed E-state index contributed by atoms with van der Waals surface area (Å²) >= 11 is 5.88. The molecule has 0 bridgehead atoms. The van der Waals surface area contributed by atoms with Crippen molar-refractivity contribution in [2.24, 2.45) is 0 Å². The van der Waals surface area contributed by atoms with Crippen LogP contribution in [0.4, 0.5) is 0 Å². The minimum Gasteiger partial charge on any atom is -0.489 e. The number of benzene rings is 2. The van der Waals surface area contributed by atoms with Gasteiger partial charge < -0.3 is 9.30 Å². The van der Waals surface area contributed by atoms with Gasteiger partial charge in [-0.05, 0) is 49.7 Å². The van der Waals surface area contributed by atoms with E-state index in [0.29, 0.717) is 6.61 Å². The van der Waals surface area contributed by atoms with Crippen LogP contribution in [0.25, 0.3) is 10.9 Å². The van der Waals surface area contributed by atoms with Crippen molar-refractivity contribution >= 4 is 22.5 Å². The Kier molecular flexibility index (Phi) is 3.89. The molecular weight excluding hydrogens is 282 g/mol. The number of nitrogens with zero attached hydrogens (tertiary/aromatic N) is 1. The minimum absolute atomic E-state index is 0.564. The highest BCUT2D eigenvalue weighted by Crippen LogP contribution is 2.24. The first-order chi connectivity index (χ1) is 10.2. The Labute approximate surface area is 129 Å². The lowest BCUT2D eigenvalue weighted by atomic mass is 10.1. The molecule has 0 aliphatic carbocycles. The monoisotopic (exact) mass is 299 g/mol. The van der Waals surface area contributed by atoms with Crippen molar-refractivity contribution in [3.8, 4) is 5.75 Å². The number of fused-ring (bicyclic) bond motifs is 1. The predicted octanol–water partition coefficient (Wildman–Crippen LogP) is 5.20. The largest absolute Gasteiger partial charge is 0.489 e. The highest BCUT2D eigenvalue weighted by Gasteiger charge is 2.08. The number of aryl methyl sites for hydroxylation is 2. The van der Waals surface area contributed by atoms with Crippen molar-refractivity contribution in [3.05, 3.63) is 64.8 Å². The van der Waals surface area contributed by atoms with Gasteiger partial charge in [0.2, 0.25) is 0 Å². The molecule has 0 spiro atoms. The van der Waals surface area contributed by atoms with Crippen LogP contribution in [0, 0.1) is 6.92 Å². The molecular formula is C18H18ClNO. The summed E-state index contributed by atoms with van der Waals surface area (Å²) in [4.78, 5) is 0. The second kappa shape index (κ2) is 5.82. The van der Waals surface area contributed by atoms with Crippen LogP contribution in [0.1, 0.15) is 18.1 Å². The Morgan fingerprint density at radius 1 is 1.10 bits per heavy atom. The lowest BCUT2D eigenvalue weighted by molar-refractivity contribution is 0.307. The molecule has 2 nitrogen and oxygen atoms in total. The summed E-state index contributed by atoms with van der Waals surface area (Å²) in [6.45, 7) is 5.80. The highest BCUT2D eigenvalue weighted by molar-refractivity contribution is 6.30. The van der Waals surface area contributed by atoms with Gasteiger partial charge in [0.25, 0.3) is 0 Å². The van der Waals surface area contributed by atoms with Crippen molar-refractivity contribution < 1.29 is 4.74 Å². The van der Waals surface area contributed by atoms with Gasteiger partial charge in [0.15, 0.2) is 0 Å². The van der Waals surface area contributed by atoms with Crippen LogP contribution in [-0.2, 0) is 13.2 Å². The molecule has 0 amide bonds. The zero-order valence-electron chi connectivity index (χ0n) is 12.3. The third kappa shape index (κ3) is 2.91. The molecule has 2 aromatic carbocycles. The summed E-state index contributed by atoms with van der Waals surface area (Å²) in [5.41, 5.74) is 3.76. The fourth-order valence-corrected chi connectivity index (χ4v) is 2.67. The summed E-state index contributed by atoms with van der Waals surface area (Å²) in [5.74, 6) is 0.837. The van der Waals surface area contributed by atoms with Crippen LogP contribution in [0.2, 0.25) is 5.02 Å². The number of rotatable bonds is 4. The third-order valence-electron chi connectivity index (χ3n) is 3.67. The van der Waals surface area contributed by atoms with Gasteiger partial charge in [0.05, 0.1) is 0 Å². The van der Waals surface area contributed by atoms with Gasteiger partial charge in [-0.3, -0.25) is 0 Å². The molecule has 0 aliphatic rings. The highest BCUT2D eigenvalue weighted by atomic mass is 35.5. The number of halogens is 1. The van der Waals surface area contributed by atoms with Crippen molar-refractivity contribution in [3.63, 3.8) is 0 Å². The Balaban J connectivity index is 1.88. The summed E-state index contributed by atoms with van der Waals surface area (Å²) in [5, 5.41) is 1.98. The van der Waals surface area contributed by atoms with Gasteiger partial charge in [-0.15, -0.1) is 0 Å². The maximum Gasteiger partial charge on any atom is 0.119 e. The normalized spacial score (nSPS) is 11.0. The molecule has 0 radical (unpaired) electrons. The second-order valence-corrected chi connectivity index (χ2v) is 5.64. The minimum atomic E-state index is 0.564. The van der Waals surface area contributed by atoms with E-state index in [2.05, 4.69) is 42.8 Å². The molecule has 1 aromatic heterocycles. The lowest BCUT2D eigenvalue weighted by Gasteiger charge is -2.05. The third-order valence-corrected chi connectivity index (χ3v) is 3.92. The first-order valence-electron chi connectivity index (χ1n) is 7.14. The van der Waals surface area contributed by atoms with Crippen molar-refractivity contribution in [2.75, 3.05) is 0 Å². The van der Waals surface area contributed by atoms with Gasteiger partial charge in [-0.25, -0.2) is 0 Å². The molecule has 0 atom stereocenters. The Morgan fingerprint density at radius 2 is 1.86 bits per heavy atom. The molecule has 0 fully saturated rings. The van der Waals surface area contributed by atoms with Gasteiger partial charge in [0, 0.05) is 34.2 Å². The molecule has 0 saturated carbocycles. The molecule has 3 aromatic rings. The maximum absolute atomic E-state index is 5.88. The van der Waals surface area contributed by atoms with Crippen LogP contribution in [0.5, 0.6) is 5.75 Å². The van der Waals surface area contributed by atoms with Crippen LogP contribution >= 0.6 is 11.6 Å². The van der Waals surface area contributed by atoms with Crippen LogP contribution in [-0.4, -0.2) is 4.57 Å². The zero-order chi connectivity index (χ0) is 14.8. The van der Waals surface area contributed by atoms with Gasteiger partial charge >= 0.3 is 0 Å². The van der Waals surface area contributed by atoms with E-state index in [9.17, 15) is 0 Å². The second-order valence-electron chi connectivity index (χ2n) is 5.20. The first-order valence-corrected chi connectivity index (χ1v) is 7.52. The van der Waals surface area contributed by atoms with E-state index in [-0.39, 0.29) is 0 Å². The number of ether oxygens (including phenoxy) is 1. The van der Waals surface area contributed by atoms with Crippen LogP contribution in [0.3, 0.4) is 0 Å². The average molecular weight is 300 g/mol. The Bertz CT molecular complexity index is 759. The molecule has 108 valence electrons. The fraction of sp³-hybridized carbons (Fsp3) is 0.222. The molecule has 0 saturated heterocycles. The molecule has 21 heavy (non-hydrogen) atoms. The van der Waals surface area contributed by atoms with E-state index in [1.165, 1.54) is 22.0 Å². The van der Waals surface area contributed by atoms with E-state index in [4.69, 9.17) is 16.3 Å². The van der Waals surface area contributed by atoms with Gasteiger partial charge in [-0.1, -0.05) is 23.7 Å². The lowest BCUT2D eigenvalue weighted by Crippen LogP contribution is -1.94. The van der Waals surface area contributed by atoms with E-state index in [1.54, 1.807) is 0 Å². The molecule has 0 unspecified atom stereocenters. The summed E-state index contributed by atoms with van der Waals surface area (Å²) in [7, 11) is 0. The van der Waals surface area contributed by atoms with Gasteiger partial charge in [-0.2, -0.15) is 0 Å². The van der Waals surface area contributed by atoms with E-state index < -0.39 is 0 Å². The maximum atomic E-state index is 5.88. The van der Waals surface area contributed by atoms with E-state index in [0.717, 1.165) is 17.3 Å². The van der Waals surface area contributed by atoms with Crippen LogP contribution in [0.15, 0.2) is 48.7 Å². The Morgan fingerprint density at radius 3 is 2.57 bits per heavy atom. The van der Waals surface area contributed by atoms with Crippen molar-refractivity contribution in [1.29, 1.82) is 0 Å². The van der Waals surface area contributed by atoms with Crippen molar-refractivity contribution in [1.82, 2.24) is 4.57 Å².